The zero-order chi connectivity index (χ0) is 18.0. The van der Waals surface area contributed by atoms with Crippen molar-refractivity contribution in [2.24, 2.45) is 17.6 Å². The van der Waals surface area contributed by atoms with E-state index >= 15 is 0 Å². The smallest absolute Gasteiger partial charge is 0.320 e. The van der Waals surface area contributed by atoms with Crippen molar-refractivity contribution in [2.75, 3.05) is 0 Å². The van der Waals surface area contributed by atoms with Crippen molar-refractivity contribution in [1.29, 1.82) is 0 Å². The second kappa shape index (κ2) is 7.53. The fourth-order valence-corrected chi connectivity index (χ4v) is 3.71. The van der Waals surface area contributed by atoms with E-state index in [2.05, 4.69) is 13.8 Å². The van der Waals surface area contributed by atoms with E-state index in [1.165, 1.54) is 0 Å². The van der Waals surface area contributed by atoms with E-state index in [0.29, 0.717) is 6.42 Å². The minimum absolute atomic E-state index is 0.0999. The lowest BCUT2D eigenvalue weighted by atomic mass is 9.79. The summed E-state index contributed by atoms with van der Waals surface area (Å²) in [6, 6.07) is 3.02. The number of hydrogen-bond acceptors (Lipinski definition) is 4. The lowest BCUT2D eigenvalue weighted by Gasteiger charge is -2.36. The van der Waals surface area contributed by atoms with Crippen LogP contribution in [-0.2, 0) is 11.2 Å². The number of benzene rings is 1. The van der Waals surface area contributed by atoms with Crippen LogP contribution < -0.4 is 10.5 Å². The number of nitrogens with two attached hydrogens (primary N) is 1. The number of carbonyl (C=O) groups is 1. The number of hydrogen-bond donors (Lipinski definition) is 3. The van der Waals surface area contributed by atoms with Gasteiger partial charge in [0.15, 0.2) is 0 Å². The van der Waals surface area contributed by atoms with Gasteiger partial charge < -0.3 is 20.7 Å². The zero-order valence-corrected chi connectivity index (χ0v) is 15.0. The molecule has 0 spiro atoms. The molecule has 1 saturated carbocycles. The standard InChI is InChI=1S/C19H29NO4/c1-10-7-15(8-11(2)17(10)21)24-18-12(3)5-14(6-13(18)4)9-16(20)19(22)23/h5-6,10-11,15-17,21H,7-9,20H2,1-4H3,(H,22,23). The van der Waals surface area contributed by atoms with Crippen LogP contribution in [0.15, 0.2) is 12.1 Å². The Morgan fingerprint density at radius 3 is 2.21 bits per heavy atom. The predicted octanol–water partition coefficient (Wildman–Crippen LogP) is 2.43. The molecular formula is C19H29NO4. The average molecular weight is 335 g/mol. The van der Waals surface area contributed by atoms with Gasteiger partial charge in [-0.15, -0.1) is 0 Å². The summed E-state index contributed by atoms with van der Waals surface area (Å²) in [5.41, 5.74) is 8.52. The van der Waals surface area contributed by atoms with Gasteiger partial charge in [0.25, 0.3) is 0 Å². The molecule has 5 nitrogen and oxygen atoms in total. The molecule has 3 atom stereocenters. The van der Waals surface area contributed by atoms with E-state index in [1.807, 2.05) is 26.0 Å². The van der Waals surface area contributed by atoms with Gasteiger partial charge in [0.1, 0.15) is 11.8 Å². The highest BCUT2D eigenvalue weighted by Gasteiger charge is 2.33. The van der Waals surface area contributed by atoms with Gasteiger partial charge in [0.2, 0.25) is 0 Å². The average Bonchev–Trinajstić information content (AvgIpc) is 2.48. The van der Waals surface area contributed by atoms with Crippen molar-refractivity contribution in [1.82, 2.24) is 0 Å². The molecule has 1 aliphatic rings. The monoisotopic (exact) mass is 335 g/mol. The van der Waals surface area contributed by atoms with Crippen LogP contribution >= 0.6 is 0 Å². The Balaban J connectivity index is 2.12. The van der Waals surface area contributed by atoms with Crippen molar-refractivity contribution >= 4 is 5.97 Å². The normalized spacial score (nSPS) is 28.4. The molecule has 0 aromatic heterocycles. The van der Waals surface area contributed by atoms with Crippen LogP contribution in [0.1, 0.15) is 43.4 Å². The number of ether oxygens (including phenoxy) is 1. The van der Waals surface area contributed by atoms with E-state index < -0.39 is 12.0 Å². The largest absolute Gasteiger partial charge is 0.490 e. The van der Waals surface area contributed by atoms with Crippen molar-refractivity contribution in [3.05, 3.63) is 28.8 Å². The van der Waals surface area contributed by atoms with Gasteiger partial charge in [-0.3, -0.25) is 4.79 Å². The number of carboxylic acids is 1. The quantitative estimate of drug-likeness (QED) is 0.768. The van der Waals surface area contributed by atoms with Crippen LogP contribution in [-0.4, -0.2) is 34.4 Å². The van der Waals surface area contributed by atoms with Crippen LogP contribution in [0.4, 0.5) is 0 Å². The molecule has 5 heteroatoms. The third-order valence-electron chi connectivity index (χ3n) is 5.01. The number of aliphatic hydroxyl groups excluding tert-OH is 1. The summed E-state index contributed by atoms with van der Waals surface area (Å²) >= 11 is 0. The maximum atomic E-state index is 10.9. The van der Waals surface area contributed by atoms with Crippen LogP contribution in [0.5, 0.6) is 5.75 Å². The van der Waals surface area contributed by atoms with E-state index in [0.717, 1.165) is 35.3 Å². The molecule has 1 aliphatic carbocycles. The summed E-state index contributed by atoms with van der Waals surface area (Å²) in [6.45, 7) is 8.07. The molecule has 0 amide bonds. The second-order valence-corrected chi connectivity index (χ2v) is 7.36. The highest BCUT2D eigenvalue weighted by Crippen LogP contribution is 2.34. The number of aryl methyl sites for hydroxylation is 2. The highest BCUT2D eigenvalue weighted by molar-refractivity contribution is 5.73. The molecule has 0 saturated heterocycles. The Morgan fingerprint density at radius 1 is 1.25 bits per heavy atom. The van der Waals surface area contributed by atoms with Crippen molar-refractivity contribution in [3.8, 4) is 5.75 Å². The van der Waals surface area contributed by atoms with Gasteiger partial charge in [-0.1, -0.05) is 26.0 Å². The third kappa shape index (κ3) is 4.28. The molecule has 134 valence electrons. The lowest BCUT2D eigenvalue weighted by molar-refractivity contribution is -0.138. The van der Waals surface area contributed by atoms with Gasteiger partial charge in [0.05, 0.1) is 12.2 Å². The molecule has 1 aromatic carbocycles. The van der Waals surface area contributed by atoms with Crippen molar-refractivity contribution in [2.45, 2.75) is 65.2 Å². The minimum atomic E-state index is -0.991. The molecule has 4 N–H and O–H groups in total. The number of carboxylic acid groups (broad SMARTS) is 1. The molecule has 24 heavy (non-hydrogen) atoms. The maximum Gasteiger partial charge on any atom is 0.320 e. The number of rotatable bonds is 5. The Hall–Kier alpha value is -1.59. The van der Waals surface area contributed by atoms with E-state index in [-0.39, 0.29) is 24.0 Å². The molecule has 0 aliphatic heterocycles. The Bertz CT molecular complexity index is 566. The molecular weight excluding hydrogens is 306 g/mol. The van der Waals surface area contributed by atoms with E-state index in [4.69, 9.17) is 15.6 Å². The van der Waals surface area contributed by atoms with Crippen LogP contribution in [0, 0.1) is 25.7 Å². The maximum absolute atomic E-state index is 10.9. The fraction of sp³-hybridized carbons (Fsp3) is 0.632. The molecule has 0 heterocycles. The second-order valence-electron chi connectivity index (χ2n) is 7.36. The van der Waals surface area contributed by atoms with Crippen LogP contribution in [0.25, 0.3) is 0 Å². The first-order valence-electron chi connectivity index (χ1n) is 8.62. The van der Waals surface area contributed by atoms with Crippen molar-refractivity contribution < 1.29 is 19.7 Å². The molecule has 1 aromatic rings. The first-order chi connectivity index (χ1) is 11.2. The van der Waals surface area contributed by atoms with Crippen LogP contribution in [0.3, 0.4) is 0 Å². The zero-order valence-electron chi connectivity index (χ0n) is 15.0. The minimum Gasteiger partial charge on any atom is -0.490 e. The lowest BCUT2D eigenvalue weighted by Crippen LogP contribution is -2.39. The summed E-state index contributed by atoms with van der Waals surface area (Å²) in [7, 11) is 0. The topological polar surface area (TPSA) is 92.8 Å². The van der Waals surface area contributed by atoms with Gasteiger partial charge in [-0.05, 0) is 61.6 Å². The predicted molar refractivity (Wildman–Crippen MR) is 93.2 cm³/mol. The summed E-state index contributed by atoms with van der Waals surface area (Å²) < 4.78 is 6.25. The van der Waals surface area contributed by atoms with Crippen LogP contribution in [0.2, 0.25) is 0 Å². The van der Waals surface area contributed by atoms with Gasteiger partial charge >= 0.3 is 5.97 Å². The van der Waals surface area contributed by atoms with Crippen molar-refractivity contribution in [3.63, 3.8) is 0 Å². The van der Waals surface area contributed by atoms with Gasteiger partial charge in [-0.2, -0.15) is 0 Å². The molecule has 3 unspecified atom stereocenters. The third-order valence-corrected chi connectivity index (χ3v) is 5.01. The number of aliphatic hydroxyl groups is 1. The highest BCUT2D eigenvalue weighted by atomic mass is 16.5. The van der Waals surface area contributed by atoms with Gasteiger partial charge in [0, 0.05) is 0 Å². The summed E-state index contributed by atoms with van der Waals surface area (Å²) in [5, 5.41) is 19.0. The van der Waals surface area contributed by atoms with E-state index in [9.17, 15) is 9.90 Å². The SMILES string of the molecule is Cc1cc(CC(N)C(=O)O)cc(C)c1OC1CC(C)C(O)C(C)C1. The molecule has 2 rings (SSSR count). The first-order valence-corrected chi connectivity index (χ1v) is 8.62. The number of aliphatic carboxylic acids is 1. The molecule has 0 radical (unpaired) electrons. The molecule has 0 bridgehead atoms. The first kappa shape index (κ1) is 18.7. The van der Waals surface area contributed by atoms with E-state index in [1.54, 1.807) is 0 Å². The fourth-order valence-electron chi connectivity index (χ4n) is 3.71. The molecule has 1 fully saturated rings. The summed E-state index contributed by atoms with van der Waals surface area (Å²) in [6.07, 6.45) is 1.84. The summed E-state index contributed by atoms with van der Waals surface area (Å²) in [5.74, 6) is 0.331. The Kier molecular flexibility index (Phi) is 5.88. The summed E-state index contributed by atoms with van der Waals surface area (Å²) in [4.78, 5) is 10.9. The Labute approximate surface area is 143 Å². The Morgan fingerprint density at radius 2 is 1.75 bits per heavy atom. The van der Waals surface area contributed by atoms with Gasteiger partial charge in [-0.25, -0.2) is 0 Å².